The van der Waals surface area contributed by atoms with E-state index < -0.39 is 10.7 Å². The Hall–Kier alpha value is -2.74. The van der Waals surface area contributed by atoms with Crippen molar-refractivity contribution in [2.24, 2.45) is 0 Å². The van der Waals surface area contributed by atoms with Crippen LogP contribution in [0.2, 0.25) is 5.02 Å². The molecular formula is C16H14ClFN4O3. The largest absolute Gasteiger partial charge is 0.347 e. The third kappa shape index (κ3) is 3.53. The average molecular weight is 365 g/mol. The van der Waals surface area contributed by atoms with E-state index in [0.29, 0.717) is 32.0 Å². The van der Waals surface area contributed by atoms with Gasteiger partial charge in [0.15, 0.2) is 0 Å². The molecule has 130 valence electrons. The van der Waals surface area contributed by atoms with Crippen LogP contribution in [0.5, 0.6) is 0 Å². The fraction of sp³-hybridized carbons (Fsp3) is 0.250. The first-order valence-corrected chi connectivity index (χ1v) is 7.94. The topological polar surface area (TPSA) is 79.6 Å². The van der Waals surface area contributed by atoms with E-state index in [0.717, 1.165) is 6.07 Å². The third-order valence-corrected chi connectivity index (χ3v) is 4.30. The Morgan fingerprint density at radius 2 is 1.96 bits per heavy atom. The summed E-state index contributed by atoms with van der Waals surface area (Å²) < 4.78 is 13.1. The molecule has 9 heteroatoms. The lowest BCUT2D eigenvalue weighted by molar-refractivity contribution is -0.384. The van der Waals surface area contributed by atoms with Crippen molar-refractivity contribution >= 4 is 29.0 Å². The first-order chi connectivity index (χ1) is 12.0. The van der Waals surface area contributed by atoms with Crippen molar-refractivity contribution in [3.63, 3.8) is 0 Å². The lowest BCUT2D eigenvalue weighted by Gasteiger charge is -2.35. The molecule has 1 aliphatic rings. The molecule has 1 aromatic heterocycles. The van der Waals surface area contributed by atoms with E-state index in [4.69, 9.17) is 11.6 Å². The number of anilines is 1. The number of nitro groups is 1. The number of pyridine rings is 1. The van der Waals surface area contributed by atoms with Gasteiger partial charge in [-0.3, -0.25) is 14.9 Å². The fourth-order valence-electron chi connectivity index (χ4n) is 2.73. The number of rotatable bonds is 3. The highest BCUT2D eigenvalue weighted by Gasteiger charge is 2.27. The van der Waals surface area contributed by atoms with Crippen LogP contribution in [0.1, 0.15) is 10.4 Å². The van der Waals surface area contributed by atoms with Crippen LogP contribution in [0.3, 0.4) is 0 Å². The van der Waals surface area contributed by atoms with Crippen LogP contribution in [-0.2, 0) is 0 Å². The Balaban J connectivity index is 1.72. The van der Waals surface area contributed by atoms with Crippen molar-refractivity contribution in [3.05, 3.63) is 63.0 Å². The fourth-order valence-corrected chi connectivity index (χ4v) is 2.98. The summed E-state index contributed by atoms with van der Waals surface area (Å²) in [5.74, 6) is -0.506. The van der Waals surface area contributed by atoms with E-state index in [-0.39, 0.29) is 22.2 Å². The summed E-state index contributed by atoms with van der Waals surface area (Å²) in [5.41, 5.74) is 0.171. The standard InChI is InChI=1S/C16H14ClFN4O3/c17-13-10-11(18)3-4-12(13)16(23)21-8-6-20(7-9-21)15-14(22(24)25)2-1-5-19-15/h1-5,10H,6-9H2. The molecule has 3 rings (SSSR count). The van der Waals surface area contributed by atoms with Crippen molar-refractivity contribution < 1.29 is 14.1 Å². The highest BCUT2D eigenvalue weighted by Crippen LogP contribution is 2.26. The summed E-state index contributed by atoms with van der Waals surface area (Å²) in [7, 11) is 0. The van der Waals surface area contributed by atoms with Gasteiger partial charge in [0, 0.05) is 38.4 Å². The molecule has 1 aromatic carbocycles. The Bertz CT molecular complexity index is 825. The summed E-state index contributed by atoms with van der Waals surface area (Å²) in [6.07, 6.45) is 1.50. The van der Waals surface area contributed by atoms with Gasteiger partial charge < -0.3 is 9.80 Å². The summed E-state index contributed by atoms with van der Waals surface area (Å²) in [6.45, 7) is 1.53. The minimum atomic E-state index is -0.506. The zero-order chi connectivity index (χ0) is 18.0. The molecule has 1 aliphatic heterocycles. The number of hydrogen-bond donors (Lipinski definition) is 0. The number of nitrogens with zero attached hydrogens (tertiary/aromatic N) is 4. The van der Waals surface area contributed by atoms with Gasteiger partial charge in [-0.2, -0.15) is 0 Å². The predicted molar refractivity (Wildman–Crippen MR) is 90.4 cm³/mol. The van der Waals surface area contributed by atoms with Gasteiger partial charge in [-0.1, -0.05) is 11.6 Å². The monoisotopic (exact) mass is 364 g/mol. The highest BCUT2D eigenvalue weighted by atomic mass is 35.5. The number of carbonyl (C=O) groups excluding carboxylic acids is 1. The second kappa shape index (κ2) is 7.02. The number of aromatic nitrogens is 1. The quantitative estimate of drug-likeness (QED) is 0.618. The number of amides is 1. The maximum absolute atomic E-state index is 13.1. The zero-order valence-electron chi connectivity index (χ0n) is 13.1. The number of hydrogen-bond acceptors (Lipinski definition) is 5. The van der Waals surface area contributed by atoms with E-state index >= 15 is 0 Å². The van der Waals surface area contributed by atoms with Crippen LogP contribution in [0.4, 0.5) is 15.9 Å². The summed E-state index contributed by atoms with van der Waals surface area (Å²) in [5, 5.41) is 11.2. The molecule has 0 radical (unpaired) electrons. The van der Waals surface area contributed by atoms with Crippen molar-refractivity contribution in [3.8, 4) is 0 Å². The van der Waals surface area contributed by atoms with Crippen LogP contribution in [-0.4, -0.2) is 46.9 Å². The van der Waals surface area contributed by atoms with E-state index in [2.05, 4.69) is 4.98 Å². The van der Waals surface area contributed by atoms with Crippen LogP contribution in [0, 0.1) is 15.9 Å². The van der Waals surface area contributed by atoms with E-state index in [1.165, 1.54) is 30.5 Å². The number of carbonyl (C=O) groups is 1. The van der Waals surface area contributed by atoms with Gasteiger partial charge in [0.2, 0.25) is 5.82 Å². The van der Waals surface area contributed by atoms with Gasteiger partial charge in [0.05, 0.1) is 15.5 Å². The van der Waals surface area contributed by atoms with Crippen molar-refractivity contribution in [2.75, 3.05) is 31.1 Å². The molecule has 2 heterocycles. The second-order valence-corrected chi connectivity index (χ2v) is 5.91. The average Bonchev–Trinajstić information content (AvgIpc) is 2.61. The molecule has 2 aromatic rings. The summed E-state index contributed by atoms with van der Waals surface area (Å²) in [6, 6.07) is 6.56. The van der Waals surface area contributed by atoms with Crippen LogP contribution >= 0.6 is 11.6 Å². The zero-order valence-corrected chi connectivity index (χ0v) is 13.8. The Morgan fingerprint density at radius 3 is 2.60 bits per heavy atom. The molecule has 0 unspecified atom stereocenters. The molecule has 0 saturated carbocycles. The normalized spacial score (nSPS) is 14.5. The minimum Gasteiger partial charge on any atom is -0.347 e. The molecule has 0 atom stereocenters. The molecular weight excluding hydrogens is 351 g/mol. The van der Waals surface area contributed by atoms with Crippen LogP contribution in [0.15, 0.2) is 36.5 Å². The van der Waals surface area contributed by atoms with Gasteiger partial charge in [-0.05, 0) is 24.3 Å². The number of benzene rings is 1. The molecule has 7 nitrogen and oxygen atoms in total. The lowest BCUT2D eigenvalue weighted by atomic mass is 10.1. The van der Waals surface area contributed by atoms with Gasteiger partial charge in [-0.25, -0.2) is 9.37 Å². The number of piperazine rings is 1. The van der Waals surface area contributed by atoms with Crippen LogP contribution < -0.4 is 4.90 Å². The second-order valence-electron chi connectivity index (χ2n) is 5.51. The Morgan fingerprint density at radius 1 is 1.24 bits per heavy atom. The van der Waals surface area contributed by atoms with E-state index in [1.54, 1.807) is 9.80 Å². The summed E-state index contributed by atoms with van der Waals surface area (Å²) in [4.78, 5) is 30.6. The third-order valence-electron chi connectivity index (χ3n) is 3.99. The highest BCUT2D eigenvalue weighted by molar-refractivity contribution is 6.33. The van der Waals surface area contributed by atoms with Gasteiger partial charge in [0.1, 0.15) is 5.82 Å². The molecule has 25 heavy (non-hydrogen) atoms. The van der Waals surface area contributed by atoms with Gasteiger partial charge >= 0.3 is 5.69 Å². The molecule has 0 bridgehead atoms. The van der Waals surface area contributed by atoms with Gasteiger partial charge in [0.25, 0.3) is 5.91 Å². The molecule has 0 spiro atoms. The van der Waals surface area contributed by atoms with E-state index in [1.807, 2.05) is 0 Å². The molecule has 0 N–H and O–H groups in total. The summed E-state index contributed by atoms with van der Waals surface area (Å²) >= 11 is 5.94. The van der Waals surface area contributed by atoms with Gasteiger partial charge in [-0.15, -0.1) is 0 Å². The first kappa shape index (κ1) is 17.1. The van der Waals surface area contributed by atoms with Crippen LogP contribution in [0.25, 0.3) is 0 Å². The maximum Gasteiger partial charge on any atom is 0.311 e. The van der Waals surface area contributed by atoms with E-state index in [9.17, 15) is 19.3 Å². The van der Waals surface area contributed by atoms with Crippen molar-refractivity contribution in [1.82, 2.24) is 9.88 Å². The minimum absolute atomic E-state index is 0.0628. The molecule has 1 fully saturated rings. The maximum atomic E-state index is 13.1. The number of halogens is 2. The van der Waals surface area contributed by atoms with Crippen molar-refractivity contribution in [1.29, 1.82) is 0 Å². The molecule has 1 amide bonds. The SMILES string of the molecule is O=C(c1ccc(F)cc1Cl)N1CCN(c2ncccc2[N+](=O)[O-])CC1. The Labute approximate surface area is 147 Å². The predicted octanol–water partition coefficient (Wildman–Crippen LogP) is 2.74. The molecule has 1 saturated heterocycles. The lowest BCUT2D eigenvalue weighted by Crippen LogP contribution is -2.49. The van der Waals surface area contributed by atoms with Crippen molar-refractivity contribution in [2.45, 2.75) is 0 Å². The smallest absolute Gasteiger partial charge is 0.311 e. The first-order valence-electron chi connectivity index (χ1n) is 7.56. The molecule has 0 aliphatic carbocycles. The Kier molecular flexibility index (Phi) is 4.80.